The van der Waals surface area contributed by atoms with Crippen molar-refractivity contribution in [1.29, 1.82) is 0 Å². The highest BCUT2D eigenvalue weighted by Crippen LogP contribution is 2.30. The zero-order valence-electron chi connectivity index (χ0n) is 23.1. The number of nitrogens with one attached hydrogen (secondary N) is 1. The molecule has 2 N–H and O–H groups in total. The molecule has 4 rings (SSSR count). The number of rotatable bonds is 11. The fourth-order valence-electron chi connectivity index (χ4n) is 5.53. The molecule has 3 atom stereocenters. The van der Waals surface area contributed by atoms with Gasteiger partial charge in [-0.05, 0) is 29.7 Å². The Hall–Kier alpha value is -4.56. The van der Waals surface area contributed by atoms with E-state index in [-0.39, 0.29) is 38.6 Å². The van der Waals surface area contributed by atoms with Gasteiger partial charge >= 0.3 is 5.97 Å². The summed E-state index contributed by atoms with van der Waals surface area (Å²) in [5.41, 5.74) is 1.77. The number of nitrogens with zero attached hydrogens (tertiary/aromatic N) is 3. The van der Waals surface area contributed by atoms with Gasteiger partial charge in [-0.1, -0.05) is 42.3 Å². The van der Waals surface area contributed by atoms with Crippen molar-refractivity contribution in [2.75, 3.05) is 40.4 Å². The highest BCUT2D eigenvalue weighted by atomic mass is 16.5. The Labute approximate surface area is 239 Å². The monoisotopic (exact) mass is 562 g/mol. The molecule has 1 unspecified atom stereocenters. The second-order valence-electron chi connectivity index (χ2n) is 9.96. The van der Waals surface area contributed by atoms with Gasteiger partial charge in [0, 0.05) is 19.6 Å². The van der Waals surface area contributed by atoms with E-state index < -0.39 is 42.3 Å². The number of benzene rings is 2. The number of terminal acetylenes is 1. The van der Waals surface area contributed by atoms with Crippen LogP contribution in [0.1, 0.15) is 17.5 Å². The van der Waals surface area contributed by atoms with Crippen LogP contribution >= 0.6 is 0 Å². The third kappa shape index (κ3) is 6.61. The van der Waals surface area contributed by atoms with Crippen molar-refractivity contribution < 1.29 is 33.8 Å². The van der Waals surface area contributed by atoms with E-state index in [2.05, 4.69) is 11.2 Å². The van der Waals surface area contributed by atoms with Crippen LogP contribution < -0.4 is 14.8 Å². The van der Waals surface area contributed by atoms with Gasteiger partial charge in [-0.3, -0.25) is 24.1 Å². The quantitative estimate of drug-likeness (QED) is 0.385. The van der Waals surface area contributed by atoms with E-state index in [1.165, 1.54) is 16.9 Å². The lowest BCUT2D eigenvalue weighted by Crippen LogP contribution is -2.75. The van der Waals surface area contributed by atoms with Crippen LogP contribution in [0.15, 0.2) is 48.5 Å². The van der Waals surface area contributed by atoms with Crippen molar-refractivity contribution in [2.45, 2.75) is 37.5 Å². The van der Waals surface area contributed by atoms with E-state index in [0.717, 1.165) is 11.1 Å². The maximum Gasteiger partial charge on any atom is 0.305 e. The van der Waals surface area contributed by atoms with Crippen molar-refractivity contribution in [3.8, 4) is 23.8 Å². The molecule has 3 amide bonds. The third-order valence-electron chi connectivity index (χ3n) is 7.44. The first kappa shape index (κ1) is 29.4. The SMILES string of the molecule is C#CCN1CC(=O)N2[C@H](CN(CCc3ccc(OC)c(OC)c3)C(=O)[C@@H]2CC(=O)O)C1C(=O)NCc1ccccc1. The molecule has 2 aliphatic rings. The first-order valence-corrected chi connectivity index (χ1v) is 13.3. The number of methoxy groups -OCH3 is 2. The molecular weight excluding hydrogens is 528 g/mol. The zero-order chi connectivity index (χ0) is 29.5. The molecule has 216 valence electrons. The van der Waals surface area contributed by atoms with Gasteiger partial charge < -0.3 is 29.7 Å². The number of hydrogen-bond acceptors (Lipinski definition) is 7. The summed E-state index contributed by atoms with van der Waals surface area (Å²) < 4.78 is 10.7. The molecule has 0 aromatic heterocycles. The summed E-state index contributed by atoms with van der Waals surface area (Å²) >= 11 is 0. The molecule has 0 saturated carbocycles. The van der Waals surface area contributed by atoms with Gasteiger partial charge in [-0.2, -0.15) is 0 Å². The lowest BCUT2D eigenvalue weighted by Gasteiger charge is -2.53. The Morgan fingerprint density at radius 3 is 2.46 bits per heavy atom. The highest BCUT2D eigenvalue weighted by molar-refractivity contribution is 5.95. The summed E-state index contributed by atoms with van der Waals surface area (Å²) in [7, 11) is 3.07. The van der Waals surface area contributed by atoms with E-state index in [1.807, 2.05) is 42.5 Å². The van der Waals surface area contributed by atoms with Crippen LogP contribution in [0, 0.1) is 12.3 Å². The molecule has 2 fully saturated rings. The molecule has 0 radical (unpaired) electrons. The Morgan fingerprint density at radius 2 is 1.80 bits per heavy atom. The Bertz CT molecular complexity index is 1330. The van der Waals surface area contributed by atoms with Crippen LogP contribution in [-0.2, 0) is 32.1 Å². The van der Waals surface area contributed by atoms with Crippen LogP contribution in [0.25, 0.3) is 0 Å². The summed E-state index contributed by atoms with van der Waals surface area (Å²) in [6.45, 7) is 0.415. The van der Waals surface area contributed by atoms with Gasteiger partial charge in [-0.25, -0.2) is 0 Å². The predicted octanol–water partition coefficient (Wildman–Crippen LogP) is 0.763. The number of aliphatic carboxylic acids is 1. The normalized spacial score (nSPS) is 20.7. The number of amides is 3. The van der Waals surface area contributed by atoms with Crippen molar-refractivity contribution in [3.63, 3.8) is 0 Å². The van der Waals surface area contributed by atoms with Crippen molar-refractivity contribution in [1.82, 2.24) is 20.0 Å². The fourth-order valence-corrected chi connectivity index (χ4v) is 5.53. The number of fused-ring (bicyclic) bond motifs is 1. The van der Waals surface area contributed by atoms with E-state index in [4.69, 9.17) is 15.9 Å². The maximum atomic E-state index is 13.6. The number of carboxylic acid groups (broad SMARTS) is 1. The lowest BCUT2D eigenvalue weighted by atomic mass is 9.91. The van der Waals surface area contributed by atoms with Crippen molar-refractivity contribution in [3.05, 3.63) is 59.7 Å². The zero-order valence-corrected chi connectivity index (χ0v) is 23.1. The molecular formula is C30H34N4O7. The summed E-state index contributed by atoms with van der Waals surface area (Å²) in [6, 6.07) is 11.9. The van der Waals surface area contributed by atoms with Crippen LogP contribution in [0.4, 0.5) is 0 Å². The molecule has 2 aromatic rings. The molecule has 2 aliphatic heterocycles. The van der Waals surface area contributed by atoms with Crippen LogP contribution in [0.2, 0.25) is 0 Å². The number of ether oxygens (including phenoxy) is 2. The summed E-state index contributed by atoms with van der Waals surface area (Å²) in [5, 5.41) is 12.6. The molecule has 11 heteroatoms. The minimum absolute atomic E-state index is 0.0443. The molecule has 2 heterocycles. The minimum atomic E-state index is -1.23. The second kappa shape index (κ2) is 13.2. The lowest BCUT2D eigenvalue weighted by molar-refractivity contribution is -0.170. The van der Waals surface area contributed by atoms with Gasteiger partial charge in [0.1, 0.15) is 12.1 Å². The fraction of sp³-hybridized carbons (Fsp3) is 0.400. The van der Waals surface area contributed by atoms with Crippen LogP contribution in [0.3, 0.4) is 0 Å². The standard InChI is InChI=1S/C30H34N4O7/c1-4-13-32-19-26(35)34-22(16-27(36)37)30(39)33(14-12-20-10-11-24(40-2)25(15-20)41-3)18-23(34)28(32)29(38)31-17-21-8-6-5-7-9-21/h1,5-11,15,22-23,28H,12-14,16-19H2,2-3H3,(H,31,38)(H,36,37)/t22-,23+,28?/m0/s1. The number of carboxylic acids is 1. The first-order chi connectivity index (χ1) is 19.8. The molecule has 11 nitrogen and oxygen atoms in total. The highest BCUT2D eigenvalue weighted by Gasteiger charge is 2.53. The molecule has 41 heavy (non-hydrogen) atoms. The average Bonchev–Trinajstić information content (AvgIpc) is 2.96. The van der Waals surface area contributed by atoms with Crippen molar-refractivity contribution >= 4 is 23.7 Å². The average molecular weight is 563 g/mol. The molecule has 2 saturated heterocycles. The smallest absolute Gasteiger partial charge is 0.305 e. The summed E-state index contributed by atoms with van der Waals surface area (Å²) in [5.74, 6) is 1.17. The predicted molar refractivity (Wildman–Crippen MR) is 149 cm³/mol. The Morgan fingerprint density at radius 1 is 1.07 bits per heavy atom. The molecule has 0 bridgehead atoms. The third-order valence-corrected chi connectivity index (χ3v) is 7.44. The van der Waals surface area contributed by atoms with E-state index in [1.54, 1.807) is 18.1 Å². The number of hydrogen-bond donors (Lipinski definition) is 2. The summed E-state index contributed by atoms with van der Waals surface area (Å²) in [4.78, 5) is 56.8. The van der Waals surface area contributed by atoms with Gasteiger partial charge in [0.2, 0.25) is 17.7 Å². The molecule has 2 aromatic carbocycles. The largest absolute Gasteiger partial charge is 0.493 e. The maximum absolute atomic E-state index is 13.6. The van der Waals surface area contributed by atoms with E-state index in [9.17, 15) is 24.3 Å². The van der Waals surface area contributed by atoms with E-state index >= 15 is 0 Å². The topological polar surface area (TPSA) is 129 Å². The Kier molecular flexibility index (Phi) is 9.47. The van der Waals surface area contributed by atoms with Crippen molar-refractivity contribution in [2.24, 2.45) is 0 Å². The van der Waals surface area contributed by atoms with Gasteiger partial charge in [-0.15, -0.1) is 6.42 Å². The Balaban J connectivity index is 1.61. The summed E-state index contributed by atoms with van der Waals surface area (Å²) in [6.07, 6.45) is 5.46. The van der Waals surface area contributed by atoms with Gasteiger partial charge in [0.05, 0.1) is 39.8 Å². The van der Waals surface area contributed by atoms with Crippen LogP contribution in [-0.4, -0.2) is 102 Å². The van der Waals surface area contributed by atoms with E-state index in [0.29, 0.717) is 17.9 Å². The number of piperazine rings is 2. The molecule has 0 aliphatic carbocycles. The van der Waals surface area contributed by atoms with Gasteiger partial charge in [0.25, 0.3) is 0 Å². The number of carbonyl (C=O) groups is 4. The van der Waals surface area contributed by atoms with Gasteiger partial charge in [0.15, 0.2) is 11.5 Å². The molecule has 0 spiro atoms. The van der Waals surface area contributed by atoms with Crippen LogP contribution in [0.5, 0.6) is 11.5 Å². The second-order valence-corrected chi connectivity index (χ2v) is 9.96. The number of carbonyl (C=O) groups excluding carboxylic acids is 3. The minimum Gasteiger partial charge on any atom is -0.493 e. The first-order valence-electron chi connectivity index (χ1n) is 13.3.